The molecule has 0 fully saturated rings. The van der Waals surface area contributed by atoms with Gasteiger partial charge in [-0.2, -0.15) is 18.4 Å². The number of hydrogen-bond donors (Lipinski definition) is 1. The molecule has 0 atom stereocenters. The normalized spacial score (nSPS) is 11.3. The second-order valence-electron chi connectivity index (χ2n) is 7.00. The lowest BCUT2D eigenvalue weighted by Gasteiger charge is -2.13. The van der Waals surface area contributed by atoms with E-state index in [9.17, 15) is 8.42 Å². The summed E-state index contributed by atoms with van der Waals surface area (Å²) in [5.41, 5.74) is 2.80. The van der Waals surface area contributed by atoms with Crippen molar-refractivity contribution < 1.29 is 27.4 Å². The molecule has 9 heteroatoms. The Kier molecular flexibility index (Phi) is 7.78. The Hall–Kier alpha value is -3.72. The fourth-order valence-corrected chi connectivity index (χ4v) is 3.97. The van der Waals surface area contributed by atoms with Gasteiger partial charge in [0.25, 0.3) is 10.0 Å². The number of sulfonamides is 1. The van der Waals surface area contributed by atoms with Gasteiger partial charge in [0.05, 0.1) is 27.5 Å². The lowest BCUT2D eigenvalue weighted by molar-refractivity contribution is 0.284. The van der Waals surface area contributed by atoms with Crippen LogP contribution >= 0.6 is 0 Å². The van der Waals surface area contributed by atoms with Crippen molar-refractivity contribution in [1.29, 1.82) is 0 Å². The third-order valence-corrected chi connectivity index (χ3v) is 6.14. The molecule has 0 amide bonds. The summed E-state index contributed by atoms with van der Waals surface area (Å²) in [6.07, 6.45) is 1.38. The van der Waals surface area contributed by atoms with Crippen LogP contribution in [0.4, 0.5) is 0 Å². The molecular formula is C24H26N2O6S. The van der Waals surface area contributed by atoms with E-state index in [1.165, 1.54) is 38.6 Å². The fourth-order valence-electron chi connectivity index (χ4n) is 3.03. The summed E-state index contributed by atoms with van der Waals surface area (Å²) in [4.78, 5) is 2.14. The fraction of sp³-hybridized carbons (Fsp3) is 0.208. The molecule has 1 N–H and O–H groups in total. The average molecular weight is 471 g/mol. The van der Waals surface area contributed by atoms with E-state index in [0.29, 0.717) is 29.4 Å². The van der Waals surface area contributed by atoms with E-state index in [0.717, 1.165) is 11.1 Å². The molecule has 174 valence electrons. The number of benzene rings is 3. The molecule has 0 aliphatic heterocycles. The number of nitrogens with one attached hydrogen (secondary N) is 1. The Morgan fingerprint density at radius 1 is 0.879 bits per heavy atom. The third kappa shape index (κ3) is 5.95. The van der Waals surface area contributed by atoms with Gasteiger partial charge in [-0.3, -0.25) is 0 Å². The van der Waals surface area contributed by atoms with Gasteiger partial charge in [0.2, 0.25) is 0 Å². The van der Waals surface area contributed by atoms with Crippen LogP contribution in [0.5, 0.6) is 23.0 Å². The zero-order valence-electron chi connectivity index (χ0n) is 18.9. The molecule has 33 heavy (non-hydrogen) atoms. The van der Waals surface area contributed by atoms with Crippen LogP contribution in [0.25, 0.3) is 0 Å². The lowest BCUT2D eigenvalue weighted by atomic mass is 10.1. The summed E-state index contributed by atoms with van der Waals surface area (Å²) in [5, 5.41) is 3.89. The number of ether oxygens (including phenoxy) is 4. The number of hydrogen-bond acceptors (Lipinski definition) is 7. The molecule has 0 saturated heterocycles. The Morgan fingerprint density at radius 3 is 2.33 bits per heavy atom. The highest BCUT2D eigenvalue weighted by atomic mass is 32.2. The second-order valence-corrected chi connectivity index (χ2v) is 8.62. The van der Waals surface area contributed by atoms with Gasteiger partial charge in [-0.05, 0) is 53.9 Å². The van der Waals surface area contributed by atoms with Crippen LogP contribution in [0.3, 0.4) is 0 Å². The molecule has 0 radical (unpaired) electrons. The number of hydrazone groups is 1. The maximum absolute atomic E-state index is 12.7. The molecule has 3 rings (SSSR count). The third-order valence-electron chi connectivity index (χ3n) is 4.88. The highest BCUT2D eigenvalue weighted by Crippen LogP contribution is 2.29. The van der Waals surface area contributed by atoms with Crippen molar-refractivity contribution in [2.24, 2.45) is 5.10 Å². The molecule has 3 aromatic rings. The molecule has 3 aromatic carbocycles. The number of aryl methyl sites for hydroxylation is 1. The first-order valence-corrected chi connectivity index (χ1v) is 11.5. The first-order valence-electron chi connectivity index (χ1n) is 10.00. The topological polar surface area (TPSA) is 95.5 Å². The van der Waals surface area contributed by atoms with Crippen LogP contribution in [0.1, 0.15) is 16.7 Å². The first-order chi connectivity index (χ1) is 15.9. The van der Waals surface area contributed by atoms with Gasteiger partial charge in [0.1, 0.15) is 23.0 Å². The highest BCUT2D eigenvalue weighted by molar-refractivity contribution is 7.89. The van der Waals surface area contributed by atoms with E-state index in [-0.39, 0.29) is 10.6 Å². The molecule has 0 spiro atoms. The molecule has 0 aliphatic carbocycles. The van der Waals surface area contributed by atoms with Gasteiger partial charge in [-0.1, -0.05) is 24.3 Å². The maximum atomic E-state index is 12.7. The van der Waals surface area contributed by atoms with Gasteiger partial charge in [-0.25, -0.2) is 0 Å². The van der Waals surface area contributed by atoms with Gasteiger partial charge in [0.15, 0.2) is 11.5 Å². The van der Waals surface area contributed by atoms with Gasteiger partial charge < -0.3 is 18.9 Å². The predicted octanol–water partition coefficient (Wildman–Crippen LogP) is 3.91. The van der Waals surface area contributed by atoms with E-state index in [4.69, 9.17) is 18.9 Å². The zero-order valence-corrected chi connectivity index (χ0v) is 19.7. The second kappa shape index (κ2) is 10.7. The summed E-state index contributed by atoms with van der Waals surface area (Å²) in [5.74, 6) is 1.70. The Morgan fingerprint density at radius 2 is 1.64 bits per heavy atom. The number of nitrogens with zero attached hydrogens (tertiary/aromatic N) is 1. The highest BCUT2D eigenvalue weighted by Gasteiger charge is 2.19. The Labute approximate surface area is 193 Å². The van der Waals surface area contributed by atoms with Gasteiger partial charge in [0, 0.05) is 6.07 Å². The van der Waals surface area contributed by atoms with Crippen molar-refractivity contribution in [3.63, 3.8) is 0 Å². The van der Waals surface area contributed by atoms with Crippen molar-refractivity contribution in [1.82, 2.24) is 4.83 Å². The largest absolute Gasteiger partial charge is 0.497 e. The number of rotatable bonds is 10. The molecule has 0 aromatic heterocycles. The van der Waals surface area contributed by atoms with Crippen molar-refractivity contribution >= 4 is 16.2 Å². The molecule has 0 unspecified atom stereocenters. The van der Waals surface area contributed by atoms with Crippen LogP contribution in [0.15, 0.2) is 70.7 Å². The van der Waals surface area contributed by atoms with E-state index in [1.807, 2.05) is 31.2 Å². The van der Waals surface area contributed by atoms with E-state index < -0.39 is 10.0 Å². The van der Waals surface area contributed by atoms with Gasteiger partial charge >= 0.3 is 0 Å². The summed E-state index contributed by atoms with van der Waals surface area (Å²) in [7, 11) is 0.466. The molecule has 8 nitrogen and oxygen atoms in total. The predicted molar refractivity (Wildman–Crippen MR) is 126 cm³/mol. The van der Waals surface area contributed by atoms with Crippen LogP contribution in [0.2, 0.25) is 0 Å². The minimum Gasteiger partial charge on any atom is -0.497 e. The molecule has 0 aliphatic rings. The molecule has 0 saturated carbocycles. The van der Waals surface area contributed by atoms with Crippen molar-refractivity contribution in [3.8, 4) is 23.0 Å². The molecule has 0 bridgehead atoms. The minimum absolute atomic E-state index is 0.0556. The minimum atomic E-state index is -3.96. The summed E-state index contributed by atoms with van der Waals surface area (Å²) in [6.45, 7) is 2.39. The van der Waals surface area contributed by atoms with E-state index >= 15 is 0 Å². The number of methoxy groups -OCH3 is 3. The Balaban J connectivity index is 1.76. The standard InChI is InChI=1S/C24H26N2O6S/c1-17-7-5-6-8-19(17)16-32-22-13-18(9-11-21(22)30-3)15-25-26-33(27,28)24-12-10-20(29-2)14-23(24)31-4/h5-15,26H,16H2,1-4H3/b25-15+. The van der Waals surface area contributed by atoms with Crippen LogP contribution in [-0.2, 0) is 16.6 Å². The van der Waals surface area contributed by atoms with Gasteiger partial charge in [-0.15, -0.1) is 0 Å². The molecular weight excluding hydrogens is 444 g/mol. The summed E-state index contributed by atoms with van der Waals surface area (Å²) < 4.78 is 46.9. The van der Waals surface area contributed by atoms with E-state index in [1.54, 1.807) is 25.3 Å². The van der Waals surface area contributed by atoms with E-state index in [2.05, 4.69) is 9.93 Å². The van der Waals surface area contributed by atoms with Crippen LogP contribution < -0.4 is 23.8 Å². The zero-order chi connectivity index (χ0) is 23.8. The summed E-state index contributed by atoms with van der Waals surface area (Å²) in [6, 6.07) is 17.5. The molecule has 0 heterocycles. The smallest absolute Gasteiger partial charge is 0.280 e. The first kappa shape index (κ1) is 23.9. The Bertz CT molecular complexity index is 1240. The maximum Gasteiger partial charge on any atom is 0.280 e. The van der Waals surface area contributed by atoms with Crippen LogP contribution in [-0.4, -0.2) is 36.0 Å². The van der Waals surface area contributed by atoms with Crippen molar-refractivity contribution in [2.75, 3.05) is 21.3 Å². The monoisotopic (exact) mass is 470 g/mol. The van der Waals surface area contributed by atoms with Crippen molar-refractivity contribution in [3.05, 3.63) is 77.4 Å². The van der Waals surface area contributed by atoms with Crippen LogP contribution in [0, 0.1) is 6.92 Å². The quantitative estimate of drug-likeness (QED) is 0.357. The lowest BCUT2D eigenvalue weighted by Crippen LogP contribution is -2.19. The average Bonchev–Trinajstić information content (AvgIpc) is 2.83. The SMILES string of the molecule is COc1ccc(S(=O)(=O)N/N=C/c2ccc(OC)c(OCc3ccccc3C)c2)c(OC)c1. The van der Waals surface area contributed by atoms with Crippen molar-refractivity contribution in [2.45, 2.75) is 18.4 Å². The summed E-state index contributed by atoms with van der Waals surface area (Å²) >= 11 is 0.